The molecule has 1 aromatic rings. The van der Waals surface area contributed by atoms with Crippen LogP contribution in [0.4, 0.5) is 5.69 Å². The smallest absolute Gasteiger partial charge is 0.232 e. The van der Waals surface area contributed by atoms with E-state index in [1.807, 2.05) is 0 Å². The summed E-state index contributed by atoms with van der Waals surface area (Å²) in [6, 6.07) is 5.01. The minimum Gasteiger partial charge on any atom is -0.355 e. The zero-order chi connectivity index (χ0) is 13.3. The number of halogens is 2. The topological polar surface area (TPSA) is 58.2 Å². The number of rotatable bonds is 2. The molecule has 96 valence electrons. The maximum absolute atomic E-state index is 12.1. The second-order valence-electron chi connectivity index (χ2n) is 4.57. The van der Waals surface area contributed by atoms with Gasteiger partial charge >= 0.3 is 0 Å². The number of anilines is 1. The van der Waals surface area contributed by atoms with Gasteiger partial charge < -0.3 is 10.6 Å². The molecule has 0 aromatic heterocycles. The standard InChI is InChI=1S/C12H12Cl2N2O2/c1-12(5-9(17)15-6-12)11(18)16-8-4-2-3-7(13)10(8)14/h2-4H,5-6H2,1H3,(H,15,17)(H,16,18). The number of amides is 2. The second kappa shape index (κ2) is 4.78. The van der Waals surface area contributed by atoms with E-state index in [0.29, 0.717) is 22.3 Å². The first-order valence-electron chi connectivity index (χ1n) is 5.44. The van der Waals surface area contributed by atoms with Crippen LogP contribution in [0.15, 0.2) is 18.2 Å². The van der Waals surface area contributed by atoms with Gasteiger partial charge in [-0.25, -0.2) is 0 Å². The molecule has 1 atom stereocenters. The highest BCUT2D eigenvalue weighted by Crippen LogP contribution is 2.32. The maximum Gasteiger partial charge on any atom is 0.232 e. The Hall–Kier alpha value is -1.26. The van der Waals surface area contributed by atoms with Crippen LogP contribution in [0, 0.1) is 5.41 Å². The molecule has 0 spiro atoms. The normalized spacial score (nSPS) is 22.7. The highest BCUT2D eigenvalue weighted by molar-refractivity contribution is 6.44. The number of carbonyl (C=O) groups excluding carboxylic acids is 2. The molecule has 2 rings (SSSR count). The van der Waals surface area contributed by atoms with Gasteiger partial charge in [0, 0.05) is 13.0 Å². The number of carbonyl (C=O) groups is 2. The average Bonchev–Trinajstić information content (AvgIpc) is 2.66. The molecule has 1 aliphatic heterocycles. The van der Waals surface area contributed by atoms with Crippen molar-refractivity contribution in [3.8, 4) is 0 Å². The van der Waals surface area contributed by atoms with E-state index in [0.717, 1.165) is 0 Å². The molecular formula is C12H12Cl2N2O2. The van der Waals surface area contributed by atoms with Gasteiger partial charge in [0.1, 0.15) is 0 Å². The zero-order valence-electron chi connectivity index (χ0n) is 9.72. The van der Waals surface area contributed by atoms with Crippen LogP contribution in [0.25, 0.3) is 0 Å². The lowest BCUT2D eigenvalue weighted by molar-refractivity contribution is -0.126. The van der Waals surface area contributed by atoms with Crippen molar-refractivity contribution in [2.75, 3.05) is 11.9 Å². The summed E-state index contributed by atoms with van der Waals surface area (Å²) < 4.78 is 0. The molecular weight excluding hydrogens is 275 g/mol. The van der Waals surface area contributed by atoms with E-state index in [1.165, 1.54) is 0 Å². The van der Waals surface area contributed by atoms with Crippen molar-refractivity contribution in [1.82, 2.24) is 5.32 Å². The van der Waals surface area contributed by atoms with E-state index < -0.39 is 5.41 Å². The van der Waals surface area contributed by atoms with Gasteiger partial charge in [0.2, 0.25) is 11.8 Å². The molecule has 1 unspecified atom stereocenters. The van der Waals surface area contributed by atoms with Crippen LogP contribution in [0.1, 0.15) is 13.3 Å². The minimum absolute atomic E-state index is 0.121. The molecule has 18 heavy (non-hydrogen) atoms. The van der Waals surface area contributed by atoms with Gasteiger partial charge in [-0.05, 0) is 19.1 Å². The summed E-state index contributed by atoms with van der Waals surface area (Å²) in [6.45, 7) is 2.06. The van der Waals surface area contributed by atoms with Crippen LogP contribution in [0.5, 0.6) is 0 Å². The van der Waals surface area contributed by atoms with Crippen LogP contribution >= 0.6 is 23.2 Å². The van der Waals surface area contributed by atoms with Crippen LogP contribution in [0.3, 0.4) is 0 Å². The third-order valence-electron chi connectivity index (χ3n) is 2.97. The van der Waals surface area contributed by atoms with Crippen molar-refractivity contribution in [3.63, 3.8) is 0 Å². The first kappa shape index (κ1) is 13.2. The highest BCUT2D eigenvalue weighted by atomic mass is 35.5. The van der Waals surface area contributed by atoms with Gasteiger partial charge in [-0.15, -0.1) is 0 Å². The minimum atomic E-state index is -0.747. The summed E-state index contributed by atoms with van der Waals surface area (Å²) >= 11 is 11.9. The molecule has 1 heterocycles. The Morgan fingerprint density at radius 1 is 1.44 bits per heavy atom. The first-order chi connectivity index (χ1) is 8.42. The van der Waals surface area contributed by atoms with Gasteiger partial charge in [-0.3, -0.25) is 9.59 Å². The fourth-order valence-corrected chi connectivity index (χ4v) is 2.15. The second-order valence-corrected chi connectivity index (χ2v) is 5.35. The van der Waals surface area contributed by atoms with Crippen molar-refractivity contribution in [2.24, 2.45) is 5.41 Å². The van der Waals surface area contributed by atoms with Gasteiger partial charge in [-0.1, -0.05) is 29.3 Å². The lowest BCUT2D eigenvalue weighted by atomic mass is 9.88. The SMILES string of the molecule is CC1(C(=O)Nc2cccc(Cl)c2Cl)CNC(=O)C1. The summed E-state index contributed by atoms with van der Waals surface area (Å²) in [5.74, 6) is -0.366. The predicted molar refractivity (Wildman–Crippen MR) is 70.8 cm³/mol. The molecule has 1 aromatic carbocycles. The molecule has 6 heteroatoms. The Morgan fingerprint density at radius 2 is 2.17 bits per heavy atom. The van der Waals surface area contributed by atoms with Crippen LogP contribution < -0.4 is 10.6 Å². The van der Waals surface area contributed by atoms with E-state index >= 15 is 0 Å². The lowest BCUT2D eigenvalue weighted by Crippen LogP contribution is -2.35. The van der Waals surface area contributed by atoms with Gasteiger partial charge in [-0.2, -0.15) is 0 Å². The van der Waals surface area contributed by atoms with Gasteiger partial charge in [0.15, 0.2) is 0 Å². The molecule has 1 fully saturated rings. The van der Waals surface area contributed by atoms with Crippen molar-refractivity contribution >= 4 is 40.7 Å². The van der Waals surface area contributed by atoms with Gasteiger partial charge in [0.25, 0.3) is 0 Å². The number of hydrogen-bond donors (Lipinski definition) is 2. The molecule has 0 aliphatic carbocycles. The summed E-state index contributed by atoms with van der Waals surface area (Å²) in [5.41, 5.74) is -0.294. The Balaban J connectivity index is 2.17. The van der Waals surface area contributed by atoms with Crippen molar-refractivity contribution in [1.29, 1.82) is 0 Å². The zero-order valence-corrected chi connectivity index (χ0v) is 11.2. The number of nitrogens with one attached hydrogen (secondary N) is 2. The van der Waals surface area contributed by atoms with E-state index in [-0.39, 0.29) is 18.2 Å². The fourth-order valence-electron chi connectivity index (χ4n) is 1.81. The molecule has 0 radical (unpaired) electrons. The van der Waals surface area contributed by atoms with Crippen LogP contribution in [0.2, 0.25) is 10.0 Å². The van der Waals surface area contributed by atoms with E-state index in [9.17, 15) is 9.59 Å². The maximum atomic E-state index is 12.1. The molecule has 1 aliphatic rings. The van der Waals surface area contributed by atoms with E-state index in [4.69, 9.17) is 23.2 Å². The van der Waals surface area contributed by atoms with Crippen molar-refractivity contribution in [3.05, 3.63) is 28.2 Å². The van der Waals surface area contributed by atoms with Crippen molar-refractivity contribution < 1.29 is 9.59 Å². The molecule has 2 N–H and O–H groups in total. The van der Waals surface area contributed by atoms with E-state index in [2.05, 4.69) is 10.6 Å². The van der Waals surface area contributed by atoms with Crippen LogP contribution in [-0.2, 0) is 9.59 Å². The fraction of sp³-hybridized carbons (Fsp3) is 0.333. The average molecular weight is 287 g/mol. The first-order valence-corrected chi connectivity index (χ1v) is 6.20. The van der Waals surface area contributed by atoms with Crippen LogP contribution in [-0.4, -0.2) is 18.4 Å². The summed E-state index contributed by atoms with van der Waals surface area (Å²) in [5, 5.41) is 6.03. The molecule has 0 saturated carbocycles. The number of benzene rings is 1. The molecule has 0 bridgehead atoms. The van der Waals surface area contributed by atoms with E-state index in [1.54, 1.807) is 25.1 Å². The quantitative estimate of drug-likeness (QED) is 0.877. The van der Waals surface area contributed by atoms with Crippen molar-refractivity contribution in [2.45, 2.75) is 13.3 Å². The Morgan fingerprint density at radius 3 is 2.78 bits per heavy atom. The Labute approximate surface area is 115 Å². The summed E-state index contributed by atoms with van der Waals surface area (Å²) in [6.07, 6.45) is 0.178. The highest BCUT2D eigenvalue weighted by Gasteiger charge is 2.40. The molecule has 2 amide bonds. The lowest BCUT2D eigenvalue weighted by Gasteiger charge is -2.20. The molecule has 4 nitrogen and oxygen atoms in total. The monoisotopic (exact) mass is 286 g/mol. The predicted octanol–water partition coefficient (Wildman–Crippen LogP) is 2.46. The molecule has 1 saturated heterocycles. The Kier molecular flexibility index (Phi) is 3.50. The third-order valence-corrected chi connectivity index (χ3v) is 3.79. The number of hydrogen-bond acceptors (Lipinski definition) is 2. The van der Waals surface area contributed by atoms with Gasteiger partial charge in [0.05, 0.1) is 21.1 Å². The largest absolute Gasteiger partial charge is 0.355 e. The Bertz CT molecular complexity index is 519. The third kappa shape index (κ3) is 2.44. The summed E-state index contributed by atoms with van der Waals surface area (Å²) in [4.78, 5) is 23.3. The summed E-state index contributed by atoms with van der Waals surface area (Å²) in [7, 11) is 0.